The lowest BCUT2D eigenvalue weighted by atomic mass is 9.83. The number of hydrogen-bond donors (Lipinski definition) is 1. The van der Waals surface area contributed by atoms with Gasteiger partial charge in [0.15, 0.2) is 0 Å². The lowest BCUT2D eigenvalue weighted by Crippen LogP contribution is -2.57. The van der Waals surface area contributed by atoms with E-state index in [9.17, 15) is 9.59 Å². The second-order valence-corrected chi connectivity index (χ2v) is 6.55. The SMILES string of the molecule is Cl.NCCCN1C(=O)CC[C@H]2CN(C(=O)CCn3cnnn3)CC[C@H]21. The highest BCUT2D eigenvalue weighted by atomic mass is 35.5. The van der Waals surface area contributed by atoms with E-state index in [0.717, 1.165) is 32.4 Å². The van der Waals surface area contributed by atoms with Gasteiger partial charge in [0.1, 0.15) is 6.33 Å². The summed E-state index contributed by atoms with van der Waals surface area (Å²) in [5.74, 6) is 0.753. The molecule has 9 nitrogen and oxygen atoms in total. The smallest absolute Gasteiger partial charge is 0.224 e. The maximum Gasteiger partial charge on any atom is 0.224 e. The molecule has 0 aliphatic carbocycles. The summed E-state index contributed by atoms with van der Waals surface area (Å²) in [4.78, 5) is 28.6. The molecule has 2 amide bonds. The molecule has 0 saturated carbocycles. The number of likely N-dealkylation sites (tertiary alicyclic amines) is 2. The molecule has 25 heavy (non-hydrogen) atoms. The predicted molar refractivity (Wildman–Crippen MR) is 92.8 cm³/mol. The molecule has 0 radical (unpaired) electrons. The third kappa shape index (κ3) is 4.66. The van der Waals surface area contributed by atoms with E-state index in [1.165, 1.54) is 6.33 Å². The zero-order valence-corrected chi connectivity index (χ0v) is 15.1. The van der Waals surface area contributed by atoms with Crippen molar-refractivity contribution in [3.63, 3.8) is 0 Å². The Balaban J connectivity index is 0.00000225. The van der Waals surface area contributed by atoms with Gasteiger partial charge in [-0.05, 0) is 42.2 Å². The summed E-state index contributed by atoms with van der Waals surface area (Å²) in [6.45, 7) is 3.29. The first-order chi connectivity index (χ1) is 11.7. The third-order valence-electron chi connectivity index (χ3n) is 5.05. The summed E-state index contributed by atoms with van der Waals surface area (Å²) in [6.07, 6.45) is 5.07. The molecule has 0 spiro atoms. The van der Waals surface area contributed by atoms with Crippen molar-refractivity contribution in [3.05, 3.63) is 6.33 Å². The molecular weight excluding hydrogens is 346 g/mol. The van der Waals surface area contributed by atoms with Crippen LogP contribution in [0.5, 0.6) is 0 Å². The topological polar surface area (TPSA) is 110 Å². The van der Waals surface area contributed by atoms with E-state index in [1.807, 2.05) is 9.80 Å². The number of amides is 2. The molecule has 2 aliphatic rings. The molecule has 1 aromatic heterocycles. The number of piperidine rings is 2. The maximum absolute atomic E-state index is 12.4. The van der Waals surface area contributed by atoms with Crippen LogP contribution < -0.4 is 5.73 Å². The first-order valence-corrected chi connectivity index (χ1v) is 8.67. The van der Waals surface area contributed by atoms with Gasteiger partial charge in [0, 0.05) is 38.5 Å². The number of aromatic nitrogens is 4. The Labute approximate surface area is 153 Å². The van der Waals surface area contributed by atoms with Crippen molar-refractivity contribution in [1.82, 2.24) is 30.0 Å². The highest BCUT2D eigenvalue weighted by Crippen LogP contribution is 2.31. The molecule has 2 atom stereocenters. The average Bonchev–Trinajstić information content (AvgIpc) is 3.12. The molecule has 1 aromatic rings. The second-order valence-electron chi connectivity index (χ2n) is 6.55. The van der Waals surface area contributed by atoms with Gasteiger partial charge in [0.2, 0.25) is 11.8 Å². The highest BCUT2D eigenvalue weighted by molar-refractivity contribution is 5.85. The minimum Gasteiger partial charge on any atom is -0.342 e. The van der Waals surface area contributed by atoms with Crippen LogP contribution in [0.1, 0.15) is 32.1 Å². The third-order valence-corrected chi connectivity index (χ3v) is 5.05. The minimum absolute atomic E-state index is 0. The summed E-state index contributed by atoms with van der Waals surface area (Å²) < 4.78 is 1.57. The molecule has 140 valence electrons. The molecule has 2 N–H and O–H groups in total. The summed E-state index contributed by atoms with van der Waals surface area (Å²) in [6, 6.07) is 0.265. The van der Waals surface area contributed by atoms with Gasteiger partial charge in [-0.25, -0.2) is 4.68 Å². The van der Waals surface area contributed by atoms with Crippen LogP contribution in [0.3, 0.4) is 0 Å². The van der Waals surface area contributed by atoms with E-state index >= 15 is 0 Å². The lowest BCUT2D eigenvalue weighted by Gasteiger charge is -2.47. The molecule has 0 bridgehead atoms. The van der Waals surface area contributed by atoms with Crippen LogP contribution in [0, 0.1) is 5.92 Å². The van der Waals surface area contributed by atoms with Crippen molar-refractivity contribution in [1.29, 1.82) is 0 Å². The second kappa shape index (κ2) is 9.10. The molecule has 3 rings (SSSR count). The maximum atomic E-state index is 12.4. The van der Waals surface area contributed by atoms with Gasteiger partial charge >= 0.3 is 0 Å². The van der Waals surface area contributed by atoms with Crippen molar-refractivity contribution >= 4 is 24.2 Å². The number of halogens is 1. The van der Waals surface area contributed by atoms with Crippen LogP contribution in [0.15, 0.2) is 6.33 Å². The molecule has 3 heterocycles. The number of tetrazole rings is 1. The molecular formula is C15H26ClN7O2. The largest absolute Gasteiger partial charge is 0.342 e. The van der Waals surface area contributed by atoms with Gasteiger partial charge in [-0.3, -0.25) is 9.59 Å². The van der Waals surface area contributed by atoms with Crippen molar-refractivity contribution in [2.75, 3.05) is 26.2 Å². The van der Waals surface area contributed by atoms with Crippen LogP contribution in [-0.2, 0) is 16.1 Å². The monoisotopic (exact) mass is 371 g/mol. The molecule has 2 aliphatic heterocycles. The number of aryl methyl sites for hydroxylation is 1. The normalized spacial score (nSPS) is 23.2. The van der Waals surface area contributed by atoms with E-state index in [4.69, 9.17) is 5.73 Å². The predicted octanol–water partition coefficient (Wildman–Crippen LogP) is -0.327. The minimum atomic E-state index is 0. The molecule has 10 heteroatoms. The first-order valence-electron chi connectivity index (χ1n) is 8.67. The standard InChI is InChI=1S/C15H25N7O2.ClH/c16-6-1-7-22-13-4-8-20(10-12(13)2-3-15(22)24)14(23)5-9-21-11-17-18-19-21;/h11-13H,1-10,16H2;1H/t12-,13+;/m0./s1. The fourth-order valence-electron chi connectivity index (χ4n) is 3.78. The van der Waals surface area contributed by atoms with Crippen LogP contribution in [0.25, 0.3) is 0 Å². The number of rotatable bonds is 6. The summed E-state index contributed by atoms with van der Waals surface area (Å²) >= 11 is 0. The van der Waals surface area contributed by atoms with E-state index < -0.39 is 0 Å². The number of carbonyl (C=O) groups is 2. The summed E-state index contributed by atoms with van der Waals surface area (Å²) in [7, 11) is 0. The number of fused-ring (bicyclic) bond motifs is 1. The zero-order valence-electron chi connectivity index (χ0n) is 14.3. The van der Waals surface area contributed by atoms with E-state index in [-0.39, 0.29) is 30.3 Å². The van der Waals surface area contributed by atoms with Crippen molar-refractivity contribution in [2.45, 2.75) is 44.7 Å². The van der Waals surface area contributed by atoms with Gasteiger partial charge in [-0.1, -0.05) is 0 Å². The number of nitrogens with zero attached hydrogens (tertiary/aromatic N) is 6. The van der Waals surface area contributed by atoms with E-state index in [1.54, 1.807) is 4.68 Å². The van der Waals surface area contributed by atoms with Crippen LogP contribution in [0.4, 0.5) is 0 Å². The van der Waals surface area contributed by atoms with Gasteiger partial charge in [-0.2, -0.15) is 0 Å². The average molecular weight is 372 g/mol. The van der Waals surface area contributed by atoms with Gasteiger partial charge in [-0.15, -0.1) is 17.5 Å². The van der Waals surface area contributed by atoms with Gasteiger partial charge in [0.05, 0.1) is 6.54 Å². The van der Waals surface area contributed by atoms with Crippen molar-refractivity contribution in [2.24, 2.45) is 11.7 Å². The fraction of sp³-hybridized carbons (Fsp3) is 0.800. The Morgan fingerprint density at radius 3 is 2.88 bits per heavy atom. The zero-order chi connectivity index (χ0) is 16.9. The Morgan fingerprint density at radius 1 is 1.32 bits per heavy atom. The quantitative estimate of drug-likeness (QED) is 0.733. The van der Waals surface area contributed by atoms with Crippen LogP contribution >= 0.6 is 12.4 Å². The lowest BCUT2D eigenvalue weighted by molar-refractivity contribution is -0.144. The number of hydrogen-bond acceptors (Lipinski definition) is 6. The Bertz CT molecular complexity index is 568. The van der Waals surface area contributed by atoms with E-state index in [0.29, 0.717) is 38.4 Å². The molecule has 2 fully saturated rings. The summed E-state index contributed by atoms with van der Waals surface area (Å²) in [5.41, 5.74) is 5.59. The molecule has 2 saturated heterocycles. The molecule has 0 aromatic carbocycles. The van der Waals surface area contributed by atoms with Crippen LogP contribution in [0.2, 0.25) is 0 Å². The number of nitrogens with two attached hydrogens (primary N) is 1. The first kappa shape index (κ1) is 19.6. The van der Waals surface area contributed by atoms with Gasteiger partial charge < -0.3 is 15.5 Å². The van der Waals surface area contributed by atoms with Crippen LogP contribution in [-0.4, -0.2) is 74.0 Å². The van der Waals surface area contributed by atoms with Crippen molar-refractivity contribution < 1.29 is 9.59 Å². The molecule has 0 unspecified atom stereocenters. The Kier molecular flexibility index (Phi) is 7.12. The fourth-order valence-corrected chi connectivity index (χ4v) is 3.78. The van der Waals surface area contributed by atoms with Crippen molar-refractivity contribution in [3.8, 4) is 0 Å². The Hall–Kier alpha value is -1.74. The Morgan fingerprint density at radius 2 is 2.16 bits per heavy atom. The highest BCUT2D eigenvalue weighted by Gasteiger charge is 2.39. The summed E-state index contributed by atoms with van der Waals surface area (Å²) in [5, 5.41) is 10.9. The number of carbonyl (C=O) groups excluding carboxylic acids is 2. The van der Waals surface area contributed by atoms with E-state index in [2.05, 4.69) is 15.5 Å². The van der Waals surface area contributed by atoms with Gasteiger partial charge in [0.25, 0.3) is 0 Å².